The summed E-state index contributed by atoms with van der Waals surface area (Å²) in [6, 6.07) is 4.00. The van der Waals surface area contributed by atoms with Gasteiger partial charge in [-0.05, 0) is 18.6 Å². The molecule has 3 nitrogen and oxygen atoms in total. The van der Waals surface area contributed by atoms with Crippen LogP contribution in [0.25, 0.3) is 0 Å². The maximum atomic E-state index is 6.24. The summed E-state index contributed by atoms with van der Waals surface area (Å²) in [6.07, 6.45) is 0. The van der Waals surface area contributed by atoms with Gasteiger partial charge < -0.3 is 14.8 Å². The molecule has 1 atom stereocenters. The summed E-state index contributed by atoms with van der Waals surface area (Å²) in [5, 5.41) is 4.12. The zero-order valence-corrected chi connectivity index (χ0v) is 10.3. The Morgan fingerprint density at radius 2 is 2.31 bits per heavy atom. The number of halogens is 1. The normalized spacial score (nSPS) is 20.8. The maximum Gasteiger partial charge on any atom is 0.128 e. The first-order valence-corrected chi connectivity index (χ1v) is 5.76. The molecule has 1 aliphatic heterocycles. The second-order valence-corrected chi connectivity index (χ2v) is 4.30. The fraction of sp³-hybridized carbons (Fsp3) is 0.500. The minimum absolute atomic E-state index is 0.121. The Hall–Kier alpha value is -0.770. The van der Waals surface area contributed by atoms with E-state index in [9.17, 15) is 0 Å². The number of rotatable bonds is 2. The van der Waals surface area contributed by atoms with E-state index in [0.717, 1.165) is 35.1 Å². The molecular weight excluding hydrogens is 226 g/mol. The van der Waals surface area contributed by atoms with Gasteiger partial charge in [0.15, 0.2) is 0 Å². The number of methoxy groups -OCH3 is 1. The number of hydrogen-bond donors (Lipinski definition) is 1. The van der Waals surface area contributed by atoms with Crippen LogP contribution in [0.4, 0.5) is 0 Å². The Kier molecular flexibility index (Phi) is 3.69. The highest BCUT2D eigenvalue weighted by Crippen LogP contribution is 2.35. The van der Waals surface area contributed by atoms with Crippen molar-refractivity contribution in [1.82, 2.24) is 5.32 Å². The van der Waals surface area contributed by atoms with E-state index in [0.29, 0.717) is 6.61 Å². The molecule has 1 unspecified atom stereocenters. The number of aryl methyl sites for hydroxylation is 1. The van der Waals surface area contributed by atoms with Gasteiger partial charge in [0, 0.05) is 17.1 Å². The minimum atomic E-state index is 0.121. The van der Waals surface area contributed by atoms with Gasteiger partial charge in [-0.15, -0.1) is 0 Å². The highest BCUT2D eigenvalue weighted by Gasteiger charge is 2.22. The van der Waals surface area contributed by atoms with E-state index >= 15 is 0 Å². The summed E-state index contributed by atoms with van der Waals surface area (Å²) in [5.74, 6) is 0.857. The second kappa shape index (κ2) is 5.04. The summed E-state index contributed by atoms with van der Waals surface area (Å²) < 4.78 is 10.9. The van der Waals surface area contributed by atoms with E-state index in [1.807, 2.05) is 19.1 Å². The van der Waals surface area contributed by atoms with E-state index in [1.165, 1.54) is 0 Å². The zero-order chi connectivity index (χ0) is 11.5. The highest BCUT2D eigenvalue weighted by atomic mass is 35.5. The van der Waals surface area contributed by atoms with Gasteiger partial charge in [-0.1, -0.05) is 17.7 Å². The van der Waals surface area contributed by atoms with E-state index in [1.54, 1.807) is 7.11 Å². The largest absolute Gasteiger partial charge is 0.496 e. The maximum absolute atomic E-state index is 6.24. The van der Waals surface area contributed by atoms with Crippen LogP contribution >= 0.6 is 11.6 Å². The van der Waals surface area contributed by atoms with Crippen molar-refractivity contribution in [2.45, 2.75) is 13.0 Å². The molecule has 1 saturated heterocycles. The van der Waals surface area contributed by atoms with Gasteiger partial charge in [-0.2, -0.15) is 0 Å². The summed E-state index contributed by atoms with van der Waals surface area (Å²) >= 11 is 6.24. The van der Waals surface area contributed by atoms with Crippen molar-refractivity contribution in [2.24, 2.45) is 0 Å². The van der Waals surface area contributed by atoms with Crippen LogP contribution in [0, 0.1) is 6.92 Å². The van der Waals surface area contributed by atoms with Gasteiger partial charge in [0.05, 0.1) is 26.4 Å². The van der Waals surface area contributed by atoms with Crippen molar-refractivity contribution in [2.75, 3.05) is 26.9 Å². The van der Waals surface area contributed by atoms with Gasteiger partial charge in [-0.3, -0.25) is 0 Å². The average molecular weight is 242 g/mol. The van der Waals surface area contributed by atoms with Crippen LogP contribution in [0.3, 0.4) is 0 Å². The Bertz CT molecular complexity index is 376. The van der Waals surface area contributed by atoms with Gasteiger partial charge in [0.2, 0.25) is 0 Å². The van der Waals surface area contributed by atoms with Crippen molar-refractivity contribution >= 4 is 11.6 Å². The molecule has 1 aromatic carbocycles. The van der Waals surface area contributed by atoms with Crippen LogP contribution in [-0.2, 0) is 4.74 Å². The lowest BCUT2D eigenvalue weighted by Gasteiger charge is -2.27. The zero-order valence-electron chi connectivity index (χ0n) is 9.55. The van der Waals surface area contributed by atoms with Crippen LogP contribution in [0.15, 0.2) is 12.1 Å². The molecule has 0 radical (unpaired) electrons. The van der Waals surface area contributed by atoms with Crippen molar-refractivity contribution in [3.63, 3.8) is 0 Å². The molecule has 1 aliphatic rings. The Balaban J connectivity index is 2.40. The van der Waals surface area contributed by atoms with Crippen molar-refractivity contribution in [3.8, 4) is 5.75 Å². The Morgan fingerprint density at radius 3 is 2.94 bits per heavy atom. The third-order valence-electron chi connectivity index (χ3n) is 2.81. The molecule has 0 aliphatic carbocycles. The van der Waals surface area contributed by atoms with Crippen molar-refractivity contribution in [3.05, 3.63) is 28.3 Å². The number of benzene rings is 1. The van der Waals surface area contributed by atoms with Crippen LogP contribution in [0.5, 0.6) is 5.75 Å². The fourth-order valence-corrected chi connectivity index (χ4v) is 2.31. The lowest BCUT2D eigenvalue weighted by molar-refractivity contribution is 0.0760. The predicted octanol–water partition coefficient (Wildman–Crippen LogP) is 2.32. The van der Waals surface area contributed by atoms with Crippen LogP contribution in [-0.4, -0.2) is 26.9 Å². The standard InChI is InChI=1S/C12H16ClNO2/c1-8-3-4-9(13)11(12(8)15-2)10-7-16-6-5-14-10/h3-4,10,14H,5-7H2,1-2H3. The molecule has 16 heavy (non-hydrogen) atoms. The fourth-order valence-electron chi connectivity index (χ4n) is 2.03. The molecule has 0 spiro atoms. The molecule has 1 fully saturated rings. The predicted molar refractivity (Wildman–Crippen MR) is 64.3 cm³/mol. The van der Waals surface area contributed by atoms with E-state index < -0.39 is 0 Å². The average Bonchev–Trinajstić information content (AvgIpc) is 2.33. The summed E-state index contributed by atoms with van der Waals surface area (Å²) in [7, 11) is 1.67. The first-order chi connectivity index (χ1) is 7.74. The molecule has 88 valence electrons. The molecular formula is C12H16ClNO2. The number of hydrogen-bond acceptors (Lipinski definition) is 3. The molecule has 0 saturated carbocycles. The van der Waals surface area contributed by atoms with Gasteiger partial charge in [-0.25, -0.2) is 0 Å². The Morgan fingerprint density at radius 1 is 1.50 bits per heavy atom. The second-order valence-electron chi connectivity index (χ2n) is 3.89. The molecule has 2 rings (SSSR count). The van der Waals surface area contributed by atoms with E-state index in [4.69, 9.17) is 21.1 Å². The molecule has 1 heterocycles. The molecule has 0 amide bonds. The SMILES string of the molecule is COc1c(C)ccc(Cl)c1C1COCCN1. The van der Waals surface area contributed by atoms with Gasteiger partial charge in [0.1, 0.15) is 5.75 Å². The number of nitrogens with one attached hydrogen (secondary N) is 1. The third-order valence-corrected chi connectivity index (χ3v) is 3.14. The monoisotopic (exact) mass is 241 g/mol. The minimum Gasteiger partial charge on any atom is -0.496 e. The molecule has 0 aromatic heterocycles. The van der Waals surface area contributed by atoms with Crippen LogP contribution in [0.2, 0.25) is 5.02 Å². The lowest BCUT2D eigenvalue weighted by atomic mass is 10.0. The summed E-state index contributed by atoms with van der Waals surface area (Å²) in [5.41, 5.74) is 2.10. The first kappa shape index (κ1) is 11.7. The quantitative estimate of drug-likeness (QED) is 0.862. The summed E-state index contributed by atoms with van der Waals surface area (Å²) in [6.45, 7) is 4.25. The number of morpholine rings is 1. The molecule has 1 N–H and O–H groups in total. The van der Waals surface area contributed by atoms with Crippen molar-refractivity contribution in [1.29, 1.82) is 0 Å². The van der Waals surface area contributed by atoms with Crippen molar-refractivity contribution < 1.29 is 9.47 Å². The summed E-state index contributed by atoms with van der Waals surface area (Å²) in [4.78, 5) is 0. The van der Waals surface area contributed by atoms with Crippen LogP contribution in [0.1, 0.15) is 17.2 Å². The highest BCUT2D eigenvalue weighted by molar-refractivity contribution is 6.31. The van der Waals surface area contributed by atoms with Gasteiger partial charge >= 0.3 is 0 Å². The molecule has 4 heteroatoms. The Labute approximate surface area is 101 Å². The smallest absolute Gasteiger partial charge is 0.128 e. The first-order valence-electron chi connectivity index (χ1n) is 5.38. The topological polar surface area (TPSA) is 30.5 Å². The molecule has 1 aromatic rings. The number of ether oxygens (including phenoxy) is 2. The van der Waals surface area contributed by atoms with E-state index in [2.05, 4.69) is 5.32 Å². The third kappa shape index (κ3) is 2.17. The van der Waals surface area contributed by atoms with E-state index in [-0.39, 0.29) is 6.04 Å². The van der Waals surface area contributed by atoms with Crippen LogP contribution < -0.4 is 10.1 Å². The van der Waals surface area contributed by atoms with Gasteiger partial charge in [0.25, 0.3) is 0 Å². The molecule has 0 bridgehead atoms. The lowest BCUT2D eigenvalue weighted by Crippen LogP contribution is -2.35.